The van der Waals surface area contributed by atoms with Crippen molar-refractivity contribution < 1.29 is 8.78 Å². The number of nitrogens with one attached hydrogen (secondary N) is 1. The van der Waals surface area contributed by atoms with Crippen LogP contribution in [0.2, 0.25) is 0 Å². The molecule has 2 rings (SSSR count). The lowest BCUT2D eigenvalue weighted by atomic mass is 9.96. The normalized spacial score (nSPS) is 17.1. The van der Waals surface area contributed by atoms with Gasteiger partial charge in [-0.15, -0.1) is 0 Å². The Hall–Kier alpha value is -1.00. The second kappa shape index (κ2) is 7.14. The highest BCUT2D eigenvalue weighted by molar-refractivity contribution is 5.18. The molecule has 0 atom stereocenters. The van der Waals surface area contributed by atoms with Gasteiger partial charge in [0.1, 0.15) is 11.6 Å². The molecule has 20 heavy (non-hydrogen) atoms. The van der Waals surface area contributed by atoms with Crippen molar-refractivity contribution in [3.05, 3.63) is 35.4 Å². The Morgan fingerprint density at radius 3 is 2.60 bits per heavy atom. The fourth-order valence-electron chi connectivity index (χ4n) is 2.74. The van der Waals surface area contributed by atoms with E-state index in [2.05, 4.69) is 24.1 Å². The zero-order valence-corrected chi connectivity index (χ0v) is 12.3. The highest BCUT2D eigenvalue weighted by Crippen LogP contribution is 2.19. The molecule has 0 aliphatic carbocycles. The Morgan fingerprint density at radius 2 is 1.95 bits per heavy atom. The van der Waals surface area contributed by atoms with E-state index >= 15 is 0 Å². The molecule has 0 radical (unpaired) electrons. The molecule has 112 valence electrons. The second-order valence-corrected chi connectivity index (χ2v) is 5.95. The van der Waals surface area contributed by atoms with Gasteiger partial charge in [0.05, 0.1) is 0 Å². The SMILES string of the molecule is CC(C)N(Cc1cc(F)ccc1F)CC1CCNCC1. The summed E-state index contributed by atoms with van der Waals surface area (Å²) in [6, 6.07) is 4.03. The van der Waals surface area contributed by atoms with Crippen molar-refractivity contribution in [1.82, 2.24) is 10.2 Å². The van der Waals surface area contributed by atoms with E-state index in [4.69, 9.17) is 0 Å². The predicted molar refractivity (Wildman–Crippen MR) is 77.5 cm³/mol. The first-order valence-corrected chi connectivity index (χ1v) is 7.45. The third-order valence-electron chi connectivity index (χ3n) is 4.06. The Morgan fingerprint density at radius 1 is 1.25 bits per heavy atom. The number of hydrogen-bond donors (Lipinski definition) is 1. The molecule has 0 amide bonds. The molecule has 4 heteroatoms. The largest absolute Gasteiger partial charge is 0.317 e. The number of piperidine rings is 1. The molecule has 1 aromatic carbocycles. The maximum atomic E-state index is 13.8. The highest BCUT2D eigenvalue weighted by atomic mass is 19.1. The molecule has 1 heterocycles. The van der Waals surface area contributed by atoms with Gasteiger partial charge in [-0.25, -0.2) is 8.78 Å². The van der Waals surface area contributed by atoms with Gasteiger partial charge in [0, 0.05) is 24.7 Å². The van der Waals surface area contributed by atoms with Gasteiger partial charge in [0.2, 0.25) is 0 Å². The van der Waals surface area contributed by atoms with Gasteiger partial charge in [0.15, 0.2) is 0 Å². The van der Waals surface area contributed by atoms with E-state index in [0.717, 1.165) is 32.5 Å². The Labute approximate surface area is 120 Å². The van der Waals surface area contributed by atoms with Gasteiger partial charge >= 0.3 is 0 Å². The summed E-state index contributed by atoms with van der Waals surface area (Å²) in [7, 11) is 0. The number of benzene rings is 1. The van der Waals surface area contributed by atoms with Crippen LogP contribution in [-0.4, -0.2) is 30.6 Å². The van der Waals surface area contributed by atoms with Crippen LogP contribution in [-0.2, 0) is 6.54 Å². The van der Waals surface area contributed by atoms with Gasteiger partial charge < -0.3 is 5.32 Å². The fraction of sp³-hybridized carbons (Fsp3) is 0.625. The third-order valence-corrected chi connectivity index (χ3v) is 4.06. The maximum absolute atomic E-state index is 13.8. The van der Waals surface area contributed by atoms with Crippen LogP contribution in [0, 0.1) is 17.6 Å². The monoisotopic (exact) mass is 282 g/mol. The molecular formula is C16H24F2N2. The molecule has 1 N–H and O–H groups in total. The predicted octanol–water partition coefficient (Wildman–Crippen LogP) is 3.17. The van der Waals surface area contributed by atoms with Crippen LogP contribution in [0.3, 0.4) is 0 Å². The van der Waals surface area contributed by atoms with E-state index in [-0.39, 0.29) is 11.6 Å². The summed E-state index contributed by atoms with van der Waals surface area (Å²) in [5.74, 6) is -0.0374. The Bertz CT molecular complexity index is 428. The lowest BCUT2D eigenvalue weighted by molar-refractivity contribution is 0.160. The minimum Gasteiger partial charge on any atom is -0.317 e. The molecule has 0 aromatic heterocycles. The molecule has 1 aliphatic heterocycles. The van der Waals surface area contributed by atoms with Crippen molar-refractivity contribution in [3.63, 3.8) is 0 Å². The molecule has 1 aliphatic rings. The summed E-state index contributed by atoms with van der Waals surface area (Å²) in [5.41, 5.74) is 0.452. The quantitative estimate of drug-likeness (QED) is 0.892. The van der Waals surface area contributed by atoms with E-state index in [1.807, 2.05) is 0 Å². The van der Waals surface area contributed by atoms with E-state index in [1.54, 1.807) is 0 Å². The fourth-order valence-corrected chi connectivity index (χ4v) is 2.74. The highest BCUT2D eigenvalue weighted by Gasteiger charge is 2.20. The van der Waals surface area contributed by atoms with Crippen molar-refractivity contribution in [2.24, 2.45) is 5.92 Å². The smallest absolute Gasteiger partial charge is 0.127 e. The molecule has 0 spiro atoms. The summed E-state index contributed by atoms with van der Waals surface area (Å²) >= 11 is 0. The first kappa shape index (κ1) is 15.4. The third kappa shape index (κ3) is 4.25. The molecular weight excluding hydrogens is 258 g/mol. The number of nitrogens with zero attached hydrogens (tertiary/aromatic N) is 1. The molecule has 0 saturated carbocycles. The zero-order valence-electron chi connectivity index (χ0n) is 12.3. The standard InChI is InChI=1S/C16H24F2N2/c1-12(2)20(10-13-5-7-19-8-6-13)11-14-9-15(17)3-4-16(14)18/h3-4,9,12-13,19H,5-8,10-11H2,1-2H3. The minimum absolute atomic E-state index is 0.317. The van der Waals surface area contributed by atoms with Gasteiger partial charge in [-0.3, -0.25) is 4.90 Å². The molecule has 2 nitrogen and oxygen atoms in total. The Balaban J connectivity index is 2.02. The first-order valence-electron chi connectivity index (χ1n) is 7.45. The van der Waals surface area contributed by atoms with E-state index in [9.17, 15) is 8.78 Å². The minimum atomic E-state index is -0.369. The van der Waals surface area contributed by atoms with Crippen LogP contribution >= 0.6 is 0 Å². The summed E-state index contributed by atoms with van der Waals surface area (Å²) < 4.78 is 27.0. The second-order valence-electron chi connectivity index (χ2n) is 5.95. The van der Waals surface area contributed by atoms with Crippen LogP contribution in [0.4, 0.5) is 8.78 Å². The molecule has 0 unspecified atom stereocenters. The lowest BCUT2D eigenvalue weighted by Gasteiger charge is -2.32. The van der Waals surface area contributed by atoms with Gasteiger partial charge in [-0.2, -0.15) is 0 Å². The van der Waals surface area contributed by atoms with Crippen molar-refractivity contribution in [2.75, 3.05) is 19.6 Å². The molecule has 1 saturated heterocycles. The van der Waals surface area contributed by atoms with Crippen molar-refractivity contribution in [2.45, 2.75) is 39.3 Å². The molecule has 0 bridgehead atoms. The number of halogens is 2. The zero-order chi connectivity index (χ0) is 14.5. The van der Waals surface area contributed by atoms with Crippen LogP contribution in [0.15, 0.2) is 18.2 Å². The van der Waals surface area contributed by atoms with Crippen LogP contribution in [0.25, 0.3) is 0 Å². The lowest BCUT2D eigenvalue weighted by Crippen LogP contribution is -2.39. The average Bonchev–Trinajstić information content (AvgIpc) is 2.43. The van der Waals surface area contributed by atoms with Gasteiger partial charge in [0.25, 0.3) is 0 Å². The van der Waals surface area contributed by atoms with Crippen LogP contribution in [0.1, 0.15) is 32.3 Å². The van der Waals surface area contributed by atoms with Crippen LogP contribution in [0.5, 0.6) is 0 Å². The van der Waals surface area contributed by atoms with Crippen LogP contribution < -0.4 is 5.32 Å². The Kier molecular flexibility index (Phi) is 5.49. The maximum Gasteiger partial charge on any atom is 0.127 e. The van der Waals surface area contributed by atoms with Crippen molar-refractivity contribution >= 4 is 0 Å². The van der Waals surface area contributed by atoms with Gasteiger partial charge in [-0.1, -0.05) is 0 Å². The van der Waals surface area contributed by atoms with E-state index in [0.29, 0.717) is 24.1 Å². The summed E-state index contributed by atoms with van der Waals surface area (Å²) in [6.07, 6.45) is 2.32. The number of rotatable bonds is 5. The molecule has 1 fully saturated rings. The summed E-state index contributed by atoms with van der Waals surface area (Å²) in [4.78, 5) is 2.24. The van der Waals surface area contributed by atoms with E-state index in [1.165, 1.54) is 18.2 Å². The summed E-state index contributed by atoms with van der Waals surface area (Å²) in [6.45, 7) is 7.77. The number of hydrogen-bond acceptors (Lipinski definition) is 2. The van der Waals surface area contributed by atoms with Crippen molar-refractivity contribution in [1.29, 1.82) is 0 Å². The average molecular weight is 282 g/mol. The van der Waals surface area contributed by atoms with Gasteiger partial charge in [-0.05, 0) is 63.9 Å². The summed E-state index contributed by atoms with van der Waals surface area (Å²) in [5, 5.41) is 3.36. The van der Waals surface area contributed by atoms with E-state index < -0.39 is 0 Å². The topological polar surface area (TPSA) is 15.3 Å². The van der Waals surface area contributed by atoms with Crippen molar-refractivity contribution in [3.8, 4) is 0 Å². The first-order chi connectivity index (χ1) is 9.56. The molecule has 1 aromatic rings.